The van der Waals surface area contributed by atoms with Gasteiger partial charge in [0.05, 0.1) is 5.54 Å². The molecule has 20 heavy (non-hydrogen) atoms. The molecule has 0 radical (unpaired) electrons. The molecule has 1 aromatic heterocycles. The van der Waals surface area contributed by atoms with Gasteiger partial charge in [-0.25, -0.2) is 9.48 Å². The van der Waals surface area contributed by atoms with E-state index < -0.39 is 11.2 Å². The molecule has 0 aliphatic heterocycles. The third-order valence-electron chi connectivity index (χ3n) is 4.33. The predicted octanol–water partition coefficient (Wildman–Crippen LogP) is -0.201. The third-order valence-corrected chi connectivity index (χ3v) is 4.33. The number of hydrogen-bond donors (Lipinski definition) is 2. The first-order valence-corrected chi connectivity index (χ1v) is 7.01. The van der Waals surface area contributed by atoms with Crippen molar-refractivity contribution in [1.82, 2.24) is 14.3 Å². The van der Waals surface area contributed by atoms with E-state index >= 15 is 0 Å². The van der Waals surface area contributed by atoms with Crippen LogP contribution in [0.5, 0.6) is 0 Å². The number of nitrogens with zero attached hydrogens (tertiary/aromatic N) is 3. The number of nitrogens with two attached hydrogens (primary N) is 1. The molecule has 1 saturated carbocycles. The van der Waals surface area contributed by atoms with Gasteiger partial charge in [-0.3, -0.25) is 9.36 Å². The minimum atomic E-state index is -0.431. The van der Waals surface area contributed by atoms with Crippen molar-refractivity contribution in [3.8, 4) is 0 Å². The van der Waals surface area contributed by atoms with Gasteiger partial charge in [0, 0.05) is 20.6 Å². The molecular formula is C13H23N5O2. The first-order valence-electron chi connectivity index (χ1n) is 7.01. The van der Waals surface area contributed by atoms with Gasteiger partial charge in [-0.05, 0) is 31.6 Å². The summed E-state index contributed by atoms with van der Waals surface area (Å²) in [6.45, 7) is 2.68. The Balaban J connectivity index is 2.34. The monoisotopic (exact) mass is 281 g/mol. The van der Waals surface area contributed by atoms with Crippen molar-refractivity contribution in [1.29, 1.82) is 0 Å². The quantitative estimate of drug-likeness (QED) is 0.800. The molecule has 0 spiro atoms. The largest absolute Gasteiger partial charge is 0.357 e. The van der Waals surface area contributed by atoms with Crippen molar-refractivity contribution in [2.45, 2.75) is 38.1 Å². The molecule has 0 amide bonds. The molecule has 0 atom stereocenters. The summed E-state index contributed by atoms with van der Waals surface area (Å²) < 4.78 is 2.23. The normalized spacial score (nSPS) is 26.5. The molecule has 1 aliphatic carbocycles. The van der Waals surface area contributed by atoms with Crippen LogP contribution in [0.2, 0.25) is 0 Å². The number of aromatic nitrogens is 3. The summed E-state index contributed by atoms with van der Waals surface area (Å²) >= 11 is 0. The lowest BCUT2D eigenvalue weighted by Crippen LogP contribution is -2.51. The standard InChI is InChI=1S/C13H23N5O2/c1-9-4-6-13(8-14,7-5-9)15-10-11(19)17(2)12(20)18(3)16-10/h9H,4-8,14H2,1-3H3,(H,15,16). The van der Waals surface area contributed by atoms with Crippen molar-refractivity contribution in [3.63, 3.8) is 0 Å². The first-order chi connectivity index (χ1) is 9.38. The Hall–Kier alpha value is -1.63. The van der Waals surface area contributed by atoms with Crippen LogP contribution < -0.4 is 22.3 Å². The smallest absolute Gasteiger partial charge is 0.346 e. The highest BCUT2D eigenvalue weighted by molar-refractivity contribution is 5.34. The van der Waals surface area contributed by atoms with Crippen LogP contribution in [0.4, 0.5) is 5.82 Å². The van der Waals surface area contributed by atoms with Gasteiger partial charge in [0.25, 0.3) is 5.56 Å². The van der Waals surface area contributed by atoms with Crippen LogP contribution in [0.1, 0.15) is 32.6 Å². The van der Waals surface area contributed by atoms with Gasteiger partial charge >= 0.3 is 5.69 Å². The Bertz CT molecular complexity index is 596. The second-order valence-corrected chi connectivity index (χ2v) is 5.91. The number of anilines is 1. The second kappa shape index (κ2) is 5.40. The van der Waals surface area contributed by atoms with Crippen LogP contribution in [0, 0.1) is 5.92 Å². The summed E-state index contributed by atoms with van der Waals surface area (Å²) in [7, 11) is 2.99. The van der Waals surface area contributed by atoms with Gasteiger partial charge in [-0.15, -0.1) is 5.10 Å². The molecule has 7 nitrogen and oxygen atoms in total. The van der Waals surface area contributed by atoms with E-state index in [9.17, 15) is 9.59 Å². The first kappa shape index (κ1) is 14.8. The van der Waals surface area contributed by atoms with E-state index in [2.05, 4.69) is 17.3 Å². The van der Waals surface area contributed by atoms with Crippen molar-refractivity contribution < 1.29 is 0 Å². The topological polar surface area (TPSA) is 94.9 Å². The van der Waals surface area contributed by atoms with Crippen LogP contribution in [-0.2, 0) is 14.1 Å². The van der Waals surface area contributed by atoms with Gasteiger partial charge in [0.15, 0.2) is 0 Å². The van der Waals surface area contributed by atoms with Crippen LogP contribution in [-0.4, -0.2) is 26.4 Å². The molecule has 3 N–H and O–H groups in total. The van der Waals surface area contributed by atoms with Crippen LogP contribution in [0.3, 0.4) is 0 Å². The van der Waals surface area contributed by atoms with Crippen LogP contribution in [0.25, 0.3) is 0 Å². The zero-order valence-corrected chi connectivity index (χ0v) is 12.3. The second-order valence-electron chi connectivity index (χ2n) is 5.91. The van der Waals surface area contributed by atoms with Crippen molar-refractivity contribution in [3.05, 3.63) is 20.8 Å². The number of aryl methyl sites for hydroxylation is 1. The molecule has 1 fully saturated rings. The lowest BCUT2D eigenvalue weighted by molar-refractivity contribution is 0.270. The van der Waals surface area contributed by atoms with Crippen molar-refractivity contribution in [2.24, 2.45) is 25.7 Å². The maximum absolute atomic E-state index is 12.1. The summed E-state index contributed by atoms with van der Waals surface area (Å²) in [4.78, 5) is 23.8. The Morgan fingerprint density at radius 2 is 1.95 bits per heavy atom. The fourth-order valence-corrected chi connectivity index (χ4v) is 2.72. The van der Waals surface area contributed by atoms with Gasteiger partial charge in [-0.1, -0.05) is 6.92 Å². The van der Waals surface area contributed by atoms with Crippen LogP contribution in [0.15, 0.2) is 9.59 Å². The van der Waals surface area contributed by atoms with Gasteiger partial charge < -0.3 is 11.1 Å². The van der Waals surface area contributed by atoms with Crippen molar-refractivity contribution in [2.75, 3.05) is 11.9 Å². The summed E-state index contributed by atoms with van der Waals surface area (Å²) in [5.41, 5.74) is 4.80. The van der Waals surface area contributed by atoms with E-state index in [1.54, 1.807) is 0 Å². The predicted molar refractivity (Wildman–Crippen MR) is 77.8 cm³/mol. The summed E-state index contributed by atoms with van der Waals surface area (Å²) in [5.74, 6) is 0.891. The van der Waals surface area contributed by atoms with E-state index in [1.165, 1.54) is 18.8 Å². The molecule has 7 heteroatoms. The minimum Gasteiger partial charge on any atom is -0.357 e. The molecule has 1 heterocycles. The van der Waals surface area contributed by atoms with Crippen molar-refractivity contribution >= 4 is 5.82 Å². The van der Waals surface area contributed by atoms with E-state index in [1.807, 2.05) is 0 Å². The lowest BCUT2D eigenvalue weighted by atomic mass is 9.77. The summed E-state index contributed by atoms with van der Waals surface area (Å²) in [5, 5.41) is 7.26. The fourth-order valence-electron chi connectivity index (χ4n) is 2.72. The number of hydrogen-bond acceptors (Lipinski definition) is 5. The summed E-state index contributed by atoms with van der Waals surface area (Å²) in [6.07, 6.45) is 3.99. The lowest BCUT2D eigenvalue weighted by Gasteiger charge is -2.39. The van der Waals surface area contributed by atoms with E-state index in [0.717, 1.165) is 30.3 Å². The number of nitrogens with one attached hydrogen (secondary N) is 1. The molecule has 0 bridgehead atoms. The fraction of sp³-hybridized carbons (Fsp3) is 0.769. The van der Waals surface area contributed by atoms with E-state index in [4.69, 9.17) is 5.73 Å². The Kier molecular flexibility index (Phi) is 3.99. The Morgan fingerprint density at radius 3 is 2.50 bits per heavy atom. The molecule has 0 saturated heterocycles. The minimum absolute atomic E-state index is 0.203. The van der Waals surface area contributed by atoms with E-state index in [0.29, 0.717) is 12.5 Å². The van der Waals surface area contributed by atoms with Gasteiger partial charge in [-0.2, -0.15) is 0 Å². The molecular weight excluding hydrogens is 258 g/mol. The molecule has 0 aromatic carbocycles. The highest BCUT2D eigenvalue weighted by Crippen LogP contribution is 2.32. The Labute approximate surface area is 117 Å². The maximum atomic E-state index is 12.1. The van der Waals surface area contributed by atoms with Gasteiger partial charge in [0.2, 0.25) is 5.82 Å². The van der Waals surface area contributed by atoms with Crippen LogP contribution >= 0.6 is 0 Å². The highest BCUT2D eigenvalue weighted by Gasteiger charge is 2.34. The molecule has 2 rings (SSSR count). The zero-order valence-electron chi connectivity index (χ0n) is 12.3. The molecule has 1 aromatic rings. The van der Waals surface area contributed by atoms with E-state index in [-0.39, 0.29) is 11.4 Å². The molecule has 112 valence electrons. The number of rotatable bonds is 3. The van der Waals surface area contributed by atoms with Gasteiger partial charge in [0.1, 0.15) is 0 Å². The maximum Gasteiger partial charge on any atom is 0.346 e. The Morgan fingerprint density at radius 1 is 1.35 bits per heavy atom. The average molecular weight is 281 g/mol. The average Bonchev–Trinajstić information content (AvgIpc) is 2.45. The molecule has 0 unspecified atom stereocenters. The third kappa shape index (κ3) is 2.63. The highest BCUT2D eigenvalue weighted by atomic mass is 16.2. The zero-order chi connectivity index (χ0) is 14.9. The summed E-state index contributed by atoms with van der Waals surface area (Å²) in [6, 6.07) is 0. The SMILES string of the molecule is CC1CCC(CN)(Nc2nn(C)c(=O)n(C)c2=O)CC1. The molecule has 1 aliphatic rings.